The molecule has 0 atom stereocenters. The van der Waals surface area contributed by atoms with E-state index in [-0.39, 0.29) is 38.3 Å². The van der Waals surface area contributed by atoms with Crippen LogP contribution in [-0.2, 0) is 4.79 Å². The number of carbonyl (C=O) groups excluding carboxylic acids is 1. The SMILES string of the molecule is O=C(On1c(=O)oc2ccc(Nc3nc(Nc4ccccc4)ncc3Cl)cc21)C(F)(F)F. The van der Waals surface area contributed by atoms with Crippen LogP contribution in [0.3, 0.4) is 0 Å². The second kappa shape index (κ2) is 8.23. The van der Waals surface area contributed by atoms with Gasteiger partial charge in [0.05, 0.1) is 6.20 Å². The normalized spacial score (nSPS) is 11.4. The second-order valence-electron chi connectivity index (χ2n) is 6.23. The number of fused-ring (bicyclic) bond motifs is 1. The molecular weight excluding hydrogens is 455 g/mol. The molecule has 4 rings (SSSR count). The molecule has 2 aromatic heterocycles. The van der Waals surface area contributed by atoms with Gasteiger partial charge in [-0.25, -0.2) is 14.6 Å². The first-order valence-corrected chi connectivity index (χ1v) is 9.15. The minimum Gasteiger partial charge on any atom is -0.405 e. The number of alkyl halides is 3. The molecule has 0 saturated carbocycles. The van der Waals surface area contributed by atoms with Gasteiger partial charge in [0.15, 0.2) is 11.4 Å². The standard InChI is InChI=1S/C19H11ClF3N5O4/c20-12-9-24-17(26-10-4-2-1-3-5-10)27-15(12)25-11-6-7-14-13(8-11)28(18(30)31-14)32-16(29)19(21,22)23/h1-9H,(H2,24,25,26,27). The van der Waals surface area contributed by atoms with Gasteiger partial charge < -0.3 is 19.9 Å². The van der Waals surface area contributed by atoms with Crippen LogP contribution in [0.15, 0.2) is 63.9 Å². The highest BCUT2D eigenvalue weighted by molar-refractivity contribution is 6.32. The first kappa shape index (κ1) is 21.2. The van der Waals surface area contributed by atoms with E-state index in [0.717, 1.165) is 5.69 Å². The number of benzene rings is 2. The van der Waals surface area contributed by atoms with Gasteiger partial charge in [0.1, 0.15) is 10.5 Å². The Labute approximate surface area is 181 Å². The molecule has 2 aromatic carbocycles. The van der Waals surface area contributed by atoms with Crippen molar-refractivity contribution in [2.24, 2.45) is 0 Å². The van der Waals surface area contributed by atoms with Gasteiger partial charge in [-0.15, -0.1) is 0 Å². The molecule has 0 radical (unpaired) electrons. The molecule has 0 spiro atoms. The molecule has 4 aromatic rings. The van der Waals surface area contributed by atoms with Crippen molar-refractivity contribution in [2.45, 2.75) is 6.18 Å². The van der Waals surface area contributed by atoms with Gasteiger partial charge in [-0.1, -0.05) is 34.5 Å². The van der Waals surface area contributed by atoms with E-state index in [1.165, 1.54) is 24.4 Å². The van der Waals surface area contributed by atoms with Crippen LogP contribution < -0.4 is 21.2 Å². The van der Waals surface area contributed by atoms with E-state index < -0.39 is 17.9 Å². The summed E-state index contributed by atoms with van der Waals surface area (Å²) in [4.78, 5) is 35.4. The van der Waals surface area contributed by atoms with Crippen LogP contribution in [0.2, 0.25) is 5.02 Å². The van der Waals surface area contributed by atoms with Crippen molar-refractivity contribution in [1.29, 1.82) is 0 Å². The maximum absolute atomic E-state index is 12.5. The van der Waals surface area contributed by atoms with E-state index in [4.69, 9.17) is 16.0 Å². The number of hydrogen-bond donors (Lipinski definition) is 2. The summed E-state index contributed by atoms with van der Waals surface area (Å²) in [6.45, 7) is 0. The number of nitrogens with zero attached hydrogens (tertiary/aromatic N) is 3. The predicted molar refractivity (Wildman–Crippen MR) is 108 cm³/mol. The zero-order valence-corrected chi connectivity index (χ0v) is 16.4. The first-order valence-electron chi connectivity index (χ1n) is 8.77. The Bertz CT molecular complexity index is 1350. The largest absolute Gasteiger partial charge is 0.493 e. The first-order chi connectivity index (χ1) is 15.2. The molecule has 0 amide bonds. The van der Waals surface area contributed by atoms with Crippen molar-refractivity contribution in [3.05, 3.63) is 70.3 Å². The van der Waals surface area contributed by atoms with Gasteiger partial charge in [0.25, 0.3) is 0 Å². The third-order valence-electron chi connectivity index (χ3n) is 3.98. The molecule has 164 valence electrons. The summed E-state index contributed by atoms with van der Waals surface area (Å²) in [5, 5.41) is 6.01. The fourth-order valence-corrected chi connectivity index (χ4v) is 2.74. The third-order valence-corrected chi connectivity index (χ3v) is 4.26. The van der Waals surface area contributed by atoms with Crippen LogP contribution in [0.1, 0.15) is 0 Å². The molecular formula is C19H11ClF3N5O4. The highest BCUT2D eigenvalue weighted by atomic mass is 35.5. The van der Waals surface area contributed by atoms with Gasteiger partial charge in [-0.2, -0.15) is 18.2 Å². The highest BCUT2D eigenvalue weighted by Gasteiger charge is 2.42. The van der Waals surface area contributed by atoms with E-state index in [1.54, 1.807) is 12.1 Å². The lowest BCUT2D eigenvalue weighted by Gasteiger charge is -2.10. The Morgan fingerprint density at radius 1 is 1.09 bits per heavy atom. The molecule has 2 N–H and O–H groups in total. The fourth-order valence-electron chi connectivity index (χ4n) is 2.60. The van der Waals surface area contributed by atoms with Crippen LogP contribution >= 0.6 is 11.6 Å². The van der Waals surface area contributed by atoms with Crippen molar-refractivity contribution >= 4 is 51.8 Å². The highest BCUT2D eigenvalue weighted by Crippen LogP contribution is 2.27. The van der Waals surface area contributed by atoms with Crippen molar-refractivity contribution < 1.29 is 27.2 Å². The summed E-state index contributed by atoms with van der Waals surface area (Å²) in [6.07, 6.45) is -3.95. The maximum atomic E-state index is 12.5. The quantitative estimate of drug-likeness (QED) is 0.454. The van der Waals surface area contributed by atoms with Gasteiger partial charge >= 0.3 is 17.9 Å². The lowest BCUT2D eigenvalue weighted by atomic mass is 10.3. The van der Waals surface area contributed by atoms with Crippen molar-refractivity contribution in [3.63, 3.8) is 0 Å². The molecule has 0 saturated heterocycles. The molecule has 2 heterocycles. The van der Waals surface area contributed by atoms with Crippen LogP contribution in [0.4, 0.5) is 36.3 Å². The Kier molecular flexibility index (Phi) is 5.45. The topological polar surface area (TPSA) is 111 Å². The van der Waals surface area contributed by atoms with Crippen molar-refractivity contribution in [1.82, 2.24) is 14.7 Å². The number of para-hydroxylation sites is 1. The number of rotatable bonds is 5. The average molecular weight is 466 g/mol. The van der Waals surface area contributed by atoms with E-state index in [2.05, 4.69) is 25.4 Å². The van der Waals surface area contributed by atoms with E-state index in [0.29, 0.717) is 0 Å². The van der Waals surface area contributed by atoms with Gasteiger partial charge in [-0.3, -0.25) is 0 Å². The molecule has 0 bridgehead atoms. The zero-order chi connectivity index (χ0) is 22.9. The summed E-state index contributed by atoms with van der Waals surface area (Å²) < 4.78 is 42.4. The lowest BCUT2D eigenvalue weighted by molar-refractivity contribution is -0.200. The zero-order valence-electron chi connectivity index (χ0n) is 15.7. The Morgan fingerprint density at radius 3 is 2.56 bits per heavy atom. The summed E-state index contributed by atoms with van der Waals surface area (Å²) in [7, 11) is 0. The second-order valence-corrected chi connectivity index (χ2v) is 6.63. The Balaban J connectivity index is 1.63. The maximum Gasteiger partial charge on any atom is 0.493 e. The van der Waals surface area contributed by atoms with Crippen LogP contribution in [0, 0.1) is 0 Å². The molecule has 32 heavy (non-hydrogen) atoms. The number of aromatic nitrogens is 3. The minimum absolute atomic E-state index is 0.101. The summed E-state index contributed by atoms with van der Waals surface area (Å²) >= 11 is 6.14. The van der Waals surface area contributed by atoms with Gasteiger partial charge in [0.2, 0.25) is 5.95 Å². The molecule has 0 aliphatic carbocycles. The average Bonchev–Trinajstić information content (AvgIpc) is 3.05. The van der Waals surface area contributed by atoms with Gasteiger partial charge in [0, 0.05) is 11.4 Å². The Morgan fingerprint density at radius 2 is 1.84 bits per heavy atom. The van der Waals surface area contributed by atoms with Crippen molar-refractivity contribution in [2.75, 3.05) is 10.6 Å². The van der Waals surface area contributed by atoms with E-state index in [1.807, 2.05) is 18.2 Å². The number of nitrogens with one attached hydrogen (secondary N) is 2. The number of halogens is 4. The van der Waals surface area contributed by atoms with Crippen LogP contribution in [0.25, 0.3) is 11.1 Å². The summed E-state index contributed by atoms with van der Waals surface area (Å²) in [5.41, 5.74) is 0.679. The third kappa shape index (κ3) is 4.49. The molecule has 13 heteroatoms. The van der Waals surface area contributed by atoms with Crippen molar-refractivity contribution in [3.8, 4) is 0 Å². The molecule has 9 nitrogen and oxygen atoms in total. The predicted octanol–water partition coefficient (Wildman–Crippen LogP) is 4.04. The smallest absolute Gasteiger partial charge is 0.405 e. The molecule has 0 aliphatic heterocycles. The lowest BCUT2D eigenvalue weighted by Crippen LogP contribution is -2.36. The summed E-state index contributed by atoms with van der Waals surface area (Å²) in [6, 6.07) is 13.1. The van der Waals surface area contributed by atoms with E-state index >= 15 is 0 Å². The van der Waals surface area contributed by atoms with E-state index in [9.17, 15) is 22.8 Å². The number of oxazole rings is 1. The molecule has 0 unspecified atom stereocenters. The fraction of sp³-hybridized carbons (Fsp3) is 0.0526. The number of carbonyl (C=O) groups is 1. The monoisotopic (exact) mass is 465 g/mol. The van der Waals surface area contributed by atoms with Gasteiger partial charge in [-0.05, 0) is 30.3 Å². The molecule has 0 fully saturated rings. The Hall–Kier alpha value is -4.06. The number of hydrogen-bond acceptors (Lipinski definition) is 8. The van der Waals surface area contributed by atoms with Crippen LogP contribution in [0.5, 0.6) is 0 Å². The number of anilines is 4. The van der Waals surface area contributed by atoms with Crippen LogP contribution in [-0.4, -0.2) is 26.8 Å². The minimum atomic E-state index is -5.30. The molecule has 0 aliphatic rings. The summed E-state index contributed by atoms with van der Waals surface area (Å²) in [5.74, 6) is -3.48.